The van der Waals surface area contributed by atoms with Gasteiger partial charge < -0.3 is 25.8 Å². The molecule has 0 bridgehead atoms. The number of hydrogen-bond acceptors (Lipinski definition) is 9. The maximum atomic E-state index is 14.9. The maximum absolute atomic E-state index is 14.9. The minimum absolute atomic E-state index is 0.0295. The van der Waals surface area contributed by atoms with Crippen LogP contribution in [0, 0.1) is 58.7 Å². The molecule has 3 aliphatic carbocycles. The first-order valence-electron chi connectivity index (χ1n) is 22.6. The van der Waals surface area contributed by atoms with E-state index in [1.54, 1.807) is 18.3 Å². The minimum atomic E-state index is -1.81. The van der Waals surface area contributed by atoms with Gasteiger partial charge in [-0.05, 0) is 129 Å². The highest BCUT2D eigenvalue weighted by atomic mass is 16.5. The Hall–Kier alpha value is -4.91. The van der Waals surface area contributed by atoms with Crippen molar-refractivity contribution >= 4 is 23.6 Å². The van der Waals surface area contributed by atoms with E-state index in [4.69, 9.17) is 15.5 Å². The van der Waals surface area contributed by atoms with E-state index in [1.807, 2.05) is 48.7 Å². The number of aryl methyl sites for hydroxylation is 1. The first-order valence-corrected chi connectivity index (χ1v) is 22.6. The first-order chi connectivity index (χ1) is 29.4. The molecule has 9 heteroatoms. The fourth-order valence-electron chi connectivity index (χ4n) is 11.0. The standard InChI is InChI=1S/C52H63N3O6/c1-5-12-41(51(60)52(20-10-7-11-21-52)47-29-39(31-55-47)32(2)3)38-25-34(23-33-19-22-54-48(53)26-33)24-36-15-17-40(35-13-8-6-9-14-35)42-30-45(57)46(61-4)28-37(42)16-18-44(56)50(59)49(58)43(36)27-38/h6,8-9,13-14,19,22,26,28-32,34,36,38,40-41,43,50-51,59-60H,5,7,10-12,16,18,20-21,23-25,27H2,1-4H3,(H2-,53,54,57)/p+1/t34-,36+,38+,40+,41-,43-,50-,51-/m0/s1. The van der Waals surface area contributed by atoms with Gasteiger partial charge in [-0.25, -0.2) is 4.98 Å². The van der Waals surface area contributed by atoms with Crippen LogP contribution in [0.3, 0.4) is 0 Å². The molecule has 5 N–H and O–H groups in total. The van der Waals surface area contributed by atoms with Crippen LogP contribution < -0.4 is 10.5 Å². The van der Waals surface area contributed by atoms with Gasteiger partial charge in [0.25, 0.3) is 0 Å². The monoisotopic (exact) mass is 826 g/mol. The van der Waals surface area contributed by atoms with E-state index >= 15 is 0 Å². The number of ether oxygens (including phenoxy) is 1. The molecule has 2 fully saturated rings. The summed E-state index contributed by atoms with van der Waals surface area (Å²) in [5, 5.41) is 35.9. The molecule has 1 aromatic heterocycles. The lowest BCUT2D eigenvalue weighted by atomic mass is 9.61. The van der Waals surface area contributed by atoms with Gasteiger partial charge in [0.1, 0.15) is 29.4 Å². The van der Waals surface area contributed by atoms with Crippen molar-refractivity contribution in [2.45, 2.75) is 122 Å². The molecule has 0 amide bonds. The molecule has 2 heterocycles. The summed E-state index contributed by atoms with van der Waals surface area (Å²) >= 11 is 0. The third-order valence-electron chi connectivity index (χ3n) is 14.3. The van der Waals surface area contributed by atoms with Gasteiger partial charge in [0.05, 0.1) is 19.1 Å². The number of fused-ring (bicyclic) bond motifs is 2. The van der Waals surface area contributed by atoms with Crippen LogP contribution in [0.5, 0.6) is 11.5 Å². The summed E-state index contributed by atoms with van der Waals surface area (Å²) in [6.45, 7) is 6.51. The molecule has 4 aliphatic rings. The molecule has 0 unspecified atom stereocenters. The Balaban J connectivity index is 1.36. The number of allylic oxidation sites excluding steroid dienone is 1. The van der Waals surface area contributed by atoms with Crippen molar-refractivity contribution in [3.05, 3.63) is 101 Å². The molecule has 322 valence electrons. The molecule has 2 saturated carbocycles. The average Bonchev–Trinajstić information content (AvgIpc) is 3.71. The van der Waals surface area contributed by atoms with Gasteiger partial charge >= 0.3 is 0 Å². The zero-order valence-electron chi connectivity index (χ0n) is 36.4. The van der Waals surface area contributed by atoms with Crippen molar-refractivity contribution in [2.24, 2.45) is 45.9 Å². The molecule has 2 aromatic carbocycles. The van der Waals surface area contributed by atoms with Crippen LogP contribution in [0.25, 0.3) is 0 Å². The highest BCUT2D eigenvalue weighted by Crippen LogP contribution is 2.53. The number of rotatable bonds is 11. The Morgan fingerprint density at radius 2 is 1.77 bits per heavy atom. The second kappa shape index (κ2) is 19.4. The zero-order chi connectivity index (χ0) is 43.3. The number of aliphatic imine (C=N–C) groups is 1. The van der Waals surface area contributed by atoms with Gasteiger partial charge in [0.15, 0.2) is 34.9 Å². The normalized spacial score (nSPS) is 26.4. The molecular weight excluding hydrogens is 763 g/mol. The van der Waals surface area contributed by atoms with E-state index < -0.39 is 46.9 Å². The molecule has 7 rings (SSSR count). The van der Waals surface area contributed by atoms with E-state index in [0.29, 0.717) is 31.0 Å². The lowest BCUT2D eigenvalue weighted by molar-refractivity contribution is -0.142. The van der Waals surface area contributed by atoms with Crippen molar-refractivity contribution in [1.82, 2.24) is 4.98 Å². The number of Topliss-reactive ketones (excluding diaryl/α,β-unsaturated/α-hetero) is 2. The number of phenolic OH excluding ortho intramolecular Hbond substituents is 1. The van der Waals surface area contributed by atoms with Gasteiger partial charge in [-0.2, -0.15) is 0 Å². The Morgan fingerprint density at radius 1 is 1.00 bits per heavy atom. The summed E-state index contributed by atoms with van der Waals surface area (Å²) in [5.74, 6) is 6.44. The average molecular weight is 827 g/mol. The molecule has 8 atom stereocenters. The third-order valence-corrected chi connectivity index (χ3v) is 14.3. The number of phenols is 1. The van der Waals surface area contributed by atoms with Gasteiger partial charge in [-0.15, -0.1) is 4.99 Å². The quantitative estimate of drug-likeness (QED) is 0.0850. The van der Waals surface area contributed by atoms with Crippen molar-refractivity contribution < 1.29 is 29.6 Å². The molecule has 3 aromatic rings. The fourth-order valence-corrected chi connectivity index (χ4v) is 11.0. The number of methoxy groups -OCH3 is 1. The SMILES string of the molecule is CCC[C@@H]([C@@H]1C[C@@H](Cc2ccnc(N)c2)C[C@H]2C#C[C@H](c3ccccc3)c3cc(O)c(OC)cc3CCC(=O)[C@H](O)C(=O)[C@H]2C1)[C@H](O)C1(C2=C[C+](C(C)C)C=N2)CCCCC1. The third kappa shape index (κ3) is 9.61. The zero-order valence-corrected chi connectivity index (χ0v) is 36.4. The van der Waals surface area contributed by atoms with Crippen molar-refractivity contribution in [1.29, 1.82) is 0 Å². The molecule has 61 heavy (non-hydrogen) atoms. The highest BCUT2D eigenvalue weighted by Gasteiger charge is 2.54. The number of carbonyl (C=O) groups excluding carboxylic acids is 2. The van der Waals surface area contributed by atoms with Crippen LogP contribution >= 0.6 is 0 Å². The summed E-state index contributed by atoms with van der Waals surface area (Å²) in [5.41, 5.74) is 10.1. The molecule has 1 aliphatic heterocycles. The summed E-state index contributed by atoms with van der Waals surface area (Å²) in [6.07, 6.45) is 12.4. The lowest BCUT2D eigenvalue weighted by Gasteiger charge is -2.43. The number of aliphatic hydroxyl groups excluding tert-OH is 2. The summed E-state index contributed by atoms with van der Waals surface area (Å²) in [7, 11) is 1.48. The van der Waals surface area contributed by atoms with Crippen LogP contribution in [0.1, 0.15) is 120 Å². The number of hydrogen-bond donors (Lipinski definition) is 4. The molecule has 0 saturated heterocycles. The highest BCUT2D eigenvalue weighted by molar-refractivity contribution is 6.06. The fraction of sp³-hybridized carbons (Fsp3) is 0.519. The number of pyridine rings is 1. The predicted octanol–water partition coefficient (Wildman–Crippen LogP) is 8.78. The number of nitrogens with two attached hydrogens (primary N) is 1. The predicted molar refractivity (Wildman–Crippen MR) is 240 cm³/mol. The van der Waals surface area contributed by atoms with Crippen molar-refractivity contribution in [3.8, 4) is 23.3 Å². The first kappa shape index (κ1) is 44.2. The summed E-state index contributed by atoms with van der Waals surface area (Å²) in [6, 6.07) is 17.2. The Labute approximate surface area is 362 Å². The van der Waals surface area contributed by atoms with E-state index in [-0.39, 0.29) is 42.1 Å². The summed E-state index contributed by atoms with van der Waals surface area (Å²) < 4.78 is 5.48. The minimum Gasteiger partial charge on any atom is -0.504 e. The van der Waals surface area contributed by atoms with Crippen LogP contribution in [0.2, 0.25) is 0 Å². The van der Waals surface area contributed by atoms with Gasteiger partial charge in [-0.1, -0.05) is 74.8 Å². The number of aliphatic hydroxyl groups is 2. The smallest absolute Gasteiger partial charge is 0.183 e. The number of carbonyl (C=O) groups is 2. The number of benzene rings is 2. The second-order valence-corrected chi connectivity index (χ2v) is 18.5. The topological polar surface area (TPSA) is 155 Å². The van der Waals surface area contributed by atoms with Crippen LogP contribution in [0.15, 0.2) is 77.6 Å². The van der Waals surface area contributed by atoms with Crippen LogP contribution in [-0.4, -0.2) is 57.4 Å². The van der Waals surface area contributed by atoms with E-state index in [0.717, 1.165) is 79.3 Å². The Kier molecular flexibility index (Phi) is 14.1. The lowest BCUT2D eigenvalue weighted by Crippen LogP contribution is -2.46. The largest absolute Gasteiger partial charge is 0.504 e. The summed E-state index contributed by atoms with van der Waals surface area (Å²) in [4.78, 5) is 38.1. The number of aromatic nitrogens is 1. The Morgan fingerprint density at radius 3 is 2.46 bits per heavy atom. The number of aromatic hydroxyl groups is 1. The molecule has 9 nitrogen and oxygen atoms in total. The Bertz CT molecular complexity index is 2150. The number of ketones is 2. The number of nitrogens with zero attached hydrogens (tertiary/aromatic N) is 2. The van der Waals surface area contributed by atoms with E-state index in [1.165, 1.54) is 13.0 Å². The second-order valence-electron chi connectivity index (χ2n) is 18.5. The van der Waals surface area contributed by atoms with Crippen LogP contribution in [-0.2, 0) is 22.4 Å². The number of nitrogen functional groups attached to an aromatic ring is 1. The van der Waals surface area contributed by atoms with Gasteiger partial charge in [0.2, 0.25) is 0 Å². The van der Waals surface area contributed by atoms with Gasteiger partial charge in [0, 0.05) is 30.4 Å². The number of anilines is 1. The van der Waals surface area contributed by atoms with Crippen molar-refractivity contribution in [2.75, 3.05) is 12.8 Å². The molecular formula is C52H64N3O6+. The van der Waals surface area contributed by atoms with E-state index in [2.05, 4.69) is 43.7 Å². The van der Waals surface area contributed by atoms with Crippen molar-refractivity contribution in [3.63, 3.8) is 0 Å². The van der Waals surface area contributed by atoms with Crippen LogP contribution in [0.4, 0.5) is 5.82 Å². The molecule has 0 radical (unpaired) electrons. The van der Waals surface area contributed by atoms with E-state index in [9.17, 15) is 24.9 Å². The van der Waals surface area contributed by atoms with Gasteiger partial charge in [-0.3, -0.25) is 9.59 Å². The molecule has 0 spiro atoms. The maximum Gasteiger partial charge on any atom is 0.183 e.